The molecule has 0 radical (unpaired) electrons. The van der Waals surface area contributed by atoms with Gasteiger partial charge < -0.3 is 15.4 Å². The summed E-state index contributed by atoms with van der Waals surface area (Å²) in [6.07, 6.45) is 4.24. The number of ether oxygens (including phenoxy) is 1. The smallest absolute Gasteiger partial charge is 0.222 e. The number of nitrogens with two attached hydrogens (primary N) is 1. The molecule has 0 aliphatic carbocycles. The van der Waals surface area contributed by atoms with E-state index in [1.54, 1.807) is 0 Å². The largest absolute Gasteiger partial charge is 0.376 e. The molecule has 2 heterocycles. The normalized spacial score (nSPS) is 20.1. The number of nitrogen functional groups attached to an aromatic ring is 1. The van der Waals surface area contributed by atoms with Gasteiger partial charge in [-0.25, -0.2) is 9.37 Å². The van der Waals surface area contributed by atoms with Crippen LogP contribution >= 0.6 is 0 Å². The predicted molar refractivity (Wildman–Crippen MR) is 67.9 cm³/mol. The third-order valence-electron chi connectivity index (χ3n) is 2.98. The fraction of sp³-hybridized carbons (Fsp3) is 0.667. The molecule has 1 aliphatic rings. The minimum Gasteiger partial charge on any atom is -0.376 e. The fourth-order valence-corrected chi connectivity index (χ4v) is 2.14. The van der Waals surface area contributed by atoms with Crippen LogP contribution < -0.4 is 10.6 Å². The van der Waals surface area contributed by atoms with Crippen molar-refractivity contribution in [2.45, 2.75) is 32.3 Å². The van der Waals surface area contributed by atoms with E-state index in [1.807, 2.05) is 4.90 Å². The van der Waals surface area contributed by atoms with Crippen LogP contribution in [0.3, 0.4) is 0 Å². The minimum atomic E-state index is -0.430. The Morgan fingerprint density at radius 3 is 3.22 bits per heavy atom. The van der Waals surface area contributed by atoms with Crippen molar-refractivity contribution in [3.8, 4) is 0 Å². The maximum Gasteiger partial charge on any atom is 0.222 e. The Hall–Kier alpha value is -1.43. The van der Waals surface area contributed by atoms with Gasteiger partial charge >= 0.3 is 0 Å². The first kappa shape index (κ1) is 13.0. The molecule has 1 saturated heterocycles. The molecule has 18 heavy (non-hydrogen) atoms. The number of piperidine rings is 1. The highest BCUT2D eigenvalue weighted by Gasteiger charge is 2.23. The lowest BCUT2D eigenvalue weighted by atomic mass is 10.1. The average Bonchev–Trinajstić information content (AvgIpc) is 2.39. The Morgan fingerprint density at radius 2 is 2.44 bits per heavy atom. The molecule has 1 unspecified atom stereocenters. The van der Waals surface area contributed by atoms with Gasteiger partial charge in [-0.05, 0) is 19.3 Å². The quantitative estimate of drug-likeness (QED) is 0.884. The maximum atomic E-state index is 13.7. The van der Waals surface area contributed by atoms with Crippen molar-refractivity contribution >= 4 is 11.8 Å². The summed E-state index contributed by atoms with van der Waals surface area (Å²) in [6.45, 7) is 4.25. The Morgan fingerprint density at radius 1 is 1.61 bits per heavy atom. The van der Waals surface area contributed by atoms with E-state index in [0.29, 0.717) is 6.54 Å². The van der Waals surface area contributed by atoms with Crippen LogP contribution in [0.25, 0.3) is 0 Å². The SMILES string of the molecule is CCCOC1CCCN(c2nc(N)ncc2F)C1. The third kappa shape index (κ3) is 3.07. The van der Waals surface area contributed by atoms with E-state index in [1.165, 1.54) is 0 Å². The molecule has 1 fully saturated rings. The number of anilines is 2. The molecule has 1 atom stereocenters. The summed E-state index contributed by atoms with van der Waals surface area (Å²) in [5, 5.41) is 0. The first-order valence-electron chi connectivity index (χ1n) is 6.35. The average molecular weight is 254 g/mol. The van der Waals surface area contributed by atoms with Crippen molar-refractivity contribution < 1.29 is 9.13 Å². The molecular formula is C12H19FN4O. The van der Waals surface area contributed by atoms with Gasteiger partial charge in [0.25, 0.3) is 0 Å². The summed E-state index contributed by atoms with van der Waals surface area (Å²) in [7, 11) is 0. The van der Waals surface area contributed by atoms with Crippen LogP contribution in [0.2, 0.25) is 0 Å². The lowest BCUT2D eigenvalue weighted by molar-refractivity contribution is 0.0438. The van der Waals surface area contributed by atoms with Crippen molar-refractivity contribution in [2.75, 3.05) is 30.3 Å². The van der Waals surface area contributed by atoms with Gasteiger partial charge in [0.2, 0.25) is 5.95 Å². The van der Waals surface area contributed by atoms with E-state index in [4.69, 9.17) is 10.5 Å². The van der Waals surface area contributed by atoms with Crippen molar-refractivity contribution in [3.63, 3.8) is 0 Å². The van der Waals surface area contributed by atoms with Gasteiger partial charge in [-0.2, -0.15) is 4.98 Å². The van der Waals surface area contributed by atoms with Gasteiger partial charge in [-0.15, -0.1) is 0 Å². The van der Waals surface area contributed by atoms with Crippen LogP contribution in [0.1, 0.15) is 26.2 Å². The molecule has 100 valence electrons. The minimum absolute atomic E-state index is 0.100. The number of halogens is 1. The number of nitrogens with zero attached hydrogens (tertiary/aromatic N) is 3. The van der Waals surface area contributed by atoms with Crippen LogP contribution in [0.5, 0.6) is 0 Å². The molecule has 6 heteroatoms. The second-order valence-electron chi connectivity index (χ2n) is 4.48. The molecule has 1 aromatic heterocycles. The zero-order chi connectivity index (χ0) is 13.0. The van der Waals surface area contributed by atoms with E-state index >= 15 is 0 Å². The first-order valence-corrected chi connectivity index (χ1v) is 6.35. The van der Waals surface area contributed by atoms with Gasteiger partial charge in [-0.1, -0.05) is 6.92 Å². The van der Waals surface area contributed by atoms with Crippen LogP contribution in [0.4, 0.5) is 16.2 Å². The van der Waals surface area contributed by atoms with Crippen molar-refractivity contribution in [1.82, 2.24) is 9.97 Å². The monoisotopic (exact) mass is 254 g/mol. The Labute approximate surface area is 106 Å². The molecule has 0 spiro atoms. The molecule has 0 amide bonds. The van der Waals surface area contributed by atoms with Crippen LogP contribution in [-0.2, 0) is 4.74 Å². The second kappa shape index (κ2) is 5.95. The molecule has 1 aromatic rings. The molecule has 0 aromatic carbocycles. The summed E-state index contributed by atoms with van der Waals surface area (Å²) in [5.74, 6) is -0.0457. The van der Waals surface area contributed by atoms with Gasteiger partial charge in [0.05, 0.1) is 12.3 Å². The van der Waals surface area contributed by atoms with E-state index < -0.39 is 5.82 Å². The van der Waals surface area contributed by atoms with Crippen molar-refractivity contribution in [1.29, 1.82) is 0 Å². The number of hydrogen-bond donors (Lipinski definition) is 1. The van der Waals surface area contributed by atoms with Gasteiger partial charge in [0, 0.05) is 19.7 Å². The second-order valence-corrected chi connectivity index (χ2v) is 4.48. The summed E-state index contributed by atoms with van der Waals surface area (Å²) in [5.41, 5.74) is 5.50. The number of rotatable bonds is 4. The summed E-state index contributed by atoms with van der Waals surface area (Å²) < 4.78 is 19.4. The van der Waals surface area contributed by atoms with Crippen molar-refractivity contribution in [3.05, 3.63) is 12.0 Å². The van der Waals surface area contributed by atoms with Crippen LogP contribution in [-0.4, -0.2) is 35.8 Å². The van der Waals surface area contributed by atoms with Gasteiger partial charge in [0.1, 0.15) is 0 Å². The molecule has 5 nitrogen and oxygen atoms in total. The van der Waals surface area contributed by atoms with Gasteiger partial charge in [0.15, 0.2) is 11.6 Å². The third-order valence-corrected chi connectivity index (χ3v) is 2.98. The molecule has 2 N–H and O–H groups in total. The summed E-state index contributed by atoms with van der Waals surface area (Å²) >= 11 is 0. The number of hydrogen-bond acceptors (Lipinski definition) is 5. The lowest BCUT2D eigenvalue weighted by Crippen LogP contribution is -2.40. The van der Waals surface area contributed by atoms with E-state index in [0.717, 1.165) is 38.6 Å². The fourth-order valence-electron chi connectivity index (χ4n) is 2.14. The maximum absolute atomic E-state index is 13.7. The highest BCUT2D eigenvalue weighted by atomic mass is 19.1. The zero-order valence-electron chi connectivity index (χ0n) is 10.6. The zero-order valence-corrected chi connectivity index (χ0v) is 10.6. The Bertz CT molecular complexity index is 402. The molecule has 0 bridgehead atoms. The molecular weight excluding hydrogens is 235 g/mol. The highest BCUT2D eigenvalue weighted by molar-refractivity contribution is 5.43. The van der Waals surface area contributed by atoms with E-state index in [2.05, 4.69) is 16.9 Å². The topological polar surface area (TPSA) is 64.3 Å². The predicted octanol–water partition coefficient (Wildman–Crippen LogP) is 1.59. The van der Waals surface area contributed by atoms with Crippen molar-refractivity contribution in [2.24, 2.45) is 0 Å². The lowest BCUT2D eigenvalue weighted by Gasteiger charge is -2.33. The van der Waals surface area contributed by atoms with Gasteiger partial charge in [-0.3, -0.25) is 0 Å². The van der Waals surface area contributed by atoms with E-state index in [-0.39, 0.29) is 17.9 Å². The van der Waals surface area contributed by atoms with E-state index in [9.17, 15) is 4.39 Å². The molecule has 1 aliphatic heterocycles. The standard InChI is InChI=1S/C12H19FN4O/c1-2-6-18-9-4-3-5-17(8-9)11-10(13)7-15-12(14)16-11/h7,9H,2-6,8H2,1H3,(H2,14,15,16). The molecule has 2 rings (SSSR count). The first-order chi connectivity index (χ1) is 8.70. The Kier molecular flexibility index (Phi) is 4.30. The summed E-state index contributed by atoms with van der Waals surface area (Å²) in [6, 6.07) is 0. The van der Waals surface area contributed by atoms with Crippen LogP contribution in [0, 0.1) is 5.82 Å². The Balaban J connectivity index is 2.05. The highest BCUT2D eigenvalue weighted by Crippen LogP contribution is 2.22. The van der Waals surface area contributed by atoms with Crippen LogP contribution in [0.15, 0.2) is 6.20 Å². The summed E-state index contributed by atoms with van der Waals surface area (Å²) in [4.78, 5) is 9.50. The molecule has 0 saturated carbocycles. The number of aromatic nitrogens is 2.